The molecule has 0 spiro atoms. The zero-order valence-corrected chi connectivity index (χ0v) is 15.3. The average Bonchev–Trinajstić information content (AvgIpc) is 3.36. The molecule has 0 saturated heterocycles. The summed E-state index contributed by atoms with van der Waals surface area (Å²) in [5.41, 5.74) is 7.32. The van der Waals surface area contributed by atoms with Gasteiger partial charge in [-0.3, -0.25) is 0 Å². The van der Waals surface area contributed by atoms with Crippen LogP contribution in [0.15, 0.2) is 103 Å². The Kier molecular flexibility index (Phi) is 3.20. The van der Waals surface area contributed by atoms with E-state index in [9.17, 15) is 0 Å². The maximum absolute atomic E-state index is 3.27. The molecule has 0 aliphatic rings. The molecular weight excluding hydrogens is 340 g/mol. The molecule has 0 aliphatic carbocycles. The monoisotopic (exact) mass is 360 g/mol. The van der Waals surface area contributed by atoms with Gasteiger partial charge in [0.25, 0.3) is 0 Å². The van der Waals surface area contributed by atoms with Gasteiger partial charge in [0.2, 0.25) is 0 Å². The molecule has 2 aromatic heterocycles. The number of nitrogens with zero attached hydrogens (tertiary/aromatic N) is 1. The maximum Gasteiger partial charge on any atom is 0.0541 e. The predicted octanol–water partition coefficient (Wildman–Crippen LogP) is 7.18. The van der Waals surface area contributed by atoms with Crippen molar-refractivity contribution >= 4 is 32.7 Å². The molecule has 2 heterocycles. The number of H-pyrrole nitrogens is 1. The Morgan fingerprint density at radius 3 is 2.29 bits per heavy atom. The van der Waals surface area contributed by atoms with E-state index in [0.717, 1.165) is 0 Å². The van der Waals surface area contributed by atoms with Crippen molar-refractivity contribution in [1.82, 2.24) is 9.55 Å². The quantitative estimate of drug-likeness (QED) is 0.338. The lowest BCUT2D eigenvalue weighted by atomic mass is 10.0. The van der Waals surface area contributed by atoms with Crippen LogP contribution in [-0.4, -0.2) is 9.55 Å². The van der Waals surface area contributed by atoms with Gasteiger partial charge in [-0.15, -0.1) is 0 Å². The summed E-state index contributed by atoms with van der Waals surface area (Å²) in [5, 5.41) is 3.81. The third kappa shape index (κ3) is 2.21. The largest absolute Gasteiger partial charge is 0.361 e. The van der Waals surface area contributed by atoms with Gasteiger partial charge in [-0.1, -0.05) is 48.5 Å². The Morgan fingerprint density at radius 2 is 1.36 bits per heavy atom. The molecule has 1 N–H and O–H groups in total. The summed E-state index contributed by atoms with van der Waals surface area (Å²) in [5.74, 6) is 0. The first-order valence-corrected chi connectivity index (χ1v) is 9.55. The van der Waals surface area contributed by atoms with E-state index in [4.69, 9.17) is 0 Å². The highest BCUT2D eigenvalue weighted by molar-refractivity contribution is 6.10. The van der Waals surface area contributed by atoms with E-state index in [2.05, 4.69) is 107 Å². The van der Waals surface area contributed by atoms with Gasteiger partial charge in [-0.25, -0.2) is 0 Å². The summed E-state index contributed by atoms with van der Waals surface area (Å²) >= 11 is 0. The summed E-state index contributed by atoms with van der Waals surface area (Å²) in [6, 6.07) is 34.8. The van der Waals surface area contributed by atoms with Crippen molar-refractivity contribution in [2.75, 3.05) is 0 Å². The van der Waals surface area contributed by atoms with E-state index >= 15 is 0 Å². The standard InChI is InChI=1S/C26H18N2.H2/c1-2-6-21(7-3-1)28-25-9-5-4-8-22(25)23-17-19(11-13-26(23)28)18-10-12-24-20(16-18)14-15-27-24;/h1-17,27H;1H. The highest BCUT2D eigenvalue weighted by Crippen LogP contribution is 2.35. The highest BCUT2D eigenvalue weighted by atomic mass is 15.0. The van der Waals surface area contributed by atoms with Crippen LogP contribution in [-0.2, 0) is 0 Å². The molecule has 0 amide bonds. The maximum atomic E-state index is 3.27. The van der Waals surface area contributed by atoms with Crippen LogP contribution in [0.2, 0.25) is 0 Å². The predicted molar refractivity (Wildman–Crippen MR) is 120 cm³/mol. The van der Waals surface area contributed by atoms with Crippen molar-refractivity contribution in [2.45, 2.75) is 0 Å². The molecule has 2 heteroatoms. The van der Waals surface area contributed by atoms with Crippen LogP contribution in [0.4, 0.5) is 0 Å². The van der Waals surface area contributed by atoms with E-state index in [1.54, 1.807) is 0 Å². The SMILES string of the molecule is [HH].c1ccc(-n2c3ccccc3c3cc(-c4ccc5[nH]ccc5c4)ccc32)cc1. The second-order valence-corrected chi connectivity index (χ2v) is 7.20. The molecule has 0 radical (unpaired) electrons. The number of aromatic nitrogens is 2. The van der Waals surface area contributed by atoms with E-state index < -0.39 is 0 Å². The molecule has 0 saturated carbocycles. The van der Waals surface area contributed by atoms with Gasteiger partial charge in [0, 0.05) is 29.6 Å². The topological polar surface area (TPSA) is 20.7 Å². The summed E-state index contributed by atoms with van der Waals surface area (Å²) in [6.45, 7) is 0. The number of nitrogens with one attached hydrogen (secondary N) is 1. The van der Waals surface area contributed by atoms with Crippen molar-refractivity contribution in [1.29, 1.82) is 0 Å². The van der Waals surface area contributed by atoms with Crippen LogP contribution in [0.3, 0.4) is 0 Å². The van der Waals surface area contributed by atoms with Crippen LogP contribution in [0.1, 0.15) is 1.43 Å². The fourth-order valence-electron chi connectivity index (χ4n) is 4.24. The lowest BCUT2D eigenvalue weighted by molar-refractivity contribution is 1.18. The van der Waals surface area contributed by atoms with Crippen LogP contribution in [0.5, 0.6) is 0 Å². The molecule has 6 rings (SSSR count). The number of para-hydroxylation sites is 2. The number of rotatable bonds is 2. The second-order valence-electron chi connectivity index (χ2n) is 7.20. The van der Waals surface area contributed by atoms with Crippen LogP contribution < -0.4 is 0 Å². The first kappa shape index (κ1) is 15.3. The average molecular weight is 360 g/mol. The Labute approximate surface area is 164 Å². The van der Waals surface area contributed by atoms with E-state index in [1.165, 1.54) is 49.5 Å². The van der Waals surface area contributed by atoms with Crippen molar-refractivity contribution in [3.05, 3.63) is 103 Å². The van der Waals surface area contributed by atoms with Crippen LogP contribution >= 0.6 is 0 Å². The van der Waals surface area contributed by atoms with Gasteiger partial charge in [-0.2, -0.15) is 0 Å². The third-order valence-electron chi connectivity index (χ3n) is 5.57. The lowest BCUT2D eigenvalue weighted by Gasteiger charge is -2.08. The fraction of sp³-hybridized carbons (Fsp3) is 0. The molecule has 0 aliphatic heterocycles. The molecule has 0 fully saturated rings. The minimum Gasteiger partial charge on any atom is -0.361 e. The Morgan fingerprint density at radius 1 is 0.607 bits per heavy atom. The van der Waals surface area contributed by atoms with E-state index in [1.807, 2.05) is 6.20 Å². The van der Waals surface area contributed by atoms with Crippen LogP contribution in [0.25, 0.3) is 49.5 Å². The minimum absolute atomic E-state index is 0. The van der Waals surface area contributed by atoms with Crippen LogP contribution in [0, 0.1) is 0 Å². The summed E-state index contributed by atoms with van der Waals surface area (Å²) in [7, 11) is 0. The number of hydrogen-bond donors (Lipinski definition) is 1. The first-order chi connectivity index (χ1) is 13.9. The van der Waals surface area contributed by atoms with Gasteiger partial charge in [0.15, 0.2) is 0 Å². The molecule has 134 valence electrons. The normalized spacial score (nSPS) is 11.6. The van der Waals surface area contributed by atoms with E-state index in [-0.39, 0.29) is 1.43 Å². The molecular formula is C26H20N2. The van der Waals surface area contributed by atoms with Gasteiger partial charge >= 0.3 is 0 Å². The van der Waals surface area contributed by atoms with Gasteiger partial charge in [0.05, 0.1) is 11.0 Å². The van der Waals surface area contributed by atoms with Gasteiger partial charge in [0.1, 0.15) is 0 Å². The molecule has 2 nitrogen and oxygen atoms in total. The van der Waals surface area contributed by atoms with Crippen molar-refractivity contribution < 1.29 is 1.43 Å². The Bertz CT molecular complexity index is 1460. The summed E-state index contributed by atoms with van der Waals surface area (Å²) in [4.78, 5) is 3.27. The number of fused-ring (bicyclic) bond motifs is 4. The van der Waals surface area contributed by atoms with E-state index in [0.29, 0.717) is 0 Å². The smallest absolute Gasteiger partial charge is 0.0541 e. The first-order valence-electron chi connectivity index (χ1n) is 9.55. The molecule has 0 atom stereocenters. The summed E-state index contributed by atoms with van der Waals surface area (Å²) < 4.78 is 2.35. The molecule has 6 aromatic rings. The zero-order chi connectivity index (χ0) is 18.5. The lowest BCUT2D eigenvalue weighted by Crippen LogP contribution is -1.92. The number of aromatic amines is 1. The van der Waals surface area contributed by atoms with Gasteiger partial charge < -0.3 is 9.55 Å². The molecule has 4 aromatic carbocycles. The highest BCUT2D eigenvalue weighted by Gasteiger charge is 2.12. The molecule has 0 bridgehead atoms. The minimum atomic E-state index is 0. The molecule has 28 heavy (non-hydrogen) atoms. The zero-order valence-electron chi connectivity index (χ0n) is 15.3. The number of benzene rings is 4. The van der Waals surface area contributed by atoms with Crippen molar-refractivity contribution in [3.8, 4) is 16.8 Å². The third-order valence-corrected chi connectivity index (χ3v) is 5.57. The van der Waals surface area contributed by atoms with Crippen molar-refractivity contribution in [3.63, 3.8) is 0 Å². The van der Waals surface area contributed by atoms with Crippen molar-refractivity contribution in [2.24, 2.45) is 0 Å². The van der Waals surface area contributed by atoms with Gasteiger partial charge in [-0.05, 0) is 65.0 Å². The number of hydrogen-bond acceptors (Lipinski definition) is 0. The second kappa shape index (κ2) is 5.86. The Balaban J connectivity index is 0.00000181. The Hall–Kier alpha value is -3.78. The fourth-order valence-corrected chi connectivity index (χ4v) is 4.24. The molecule has 0 unspecified atom stereocenters. The summed E-state index contributed by atoms with van der Waals surface area (Å²) in [6.07, 6.45) is 1.99.